The van der Waals surface area contributed by atoms with Gasteiger partial charge in [-0.2, -0.15) is 0 Å². The number of hydrogen-bond donors (Lipinski definition) is 0. The summed E-state index contributed by atoms with van der Waals surface area (Å²) in [6.45, 7) is 0. The molecule has 0 saturated heterocycles. The summed E-state index contributed by atoms with van der Waals surface area (Å²) in [7, 11) is 0. The minimum Gasteiger partial charge on any atom is -0.436 e. The number of aromatic nitrogens is 5. The number of hydrogen-bond acceptors (Lipinski definition) is 5. The van der Waals surface area contributed by atoms with Gasteiger partial charge in [0, 0.05) is 38.7 Å². The summed E-state index contributed by atoms with van der Waals surface area (Å²) >= 11 is 0. The van der Waals surface area contributed by atoms with Crippen molar-refractivity contribution < 1.29 is 4.42 Å². The van der Waals surface area contributed by atoms with Crippen molar-refractivity contribution in [1.29, 1.82) is 0 Å². The lowest BCUT2D eigenvalue weighted by atomic mass is 10.0. The van der Waals surface area contributed by atoms with Crippen LogP contribution in [0.3, 0.4) is 0 Å². The van der Waals surface area contributed by atoms with Gasteiger partial charge in [-0.05, 0) is 65.7 Å². The van der Waals surface area contributed by atoms with Gasteiger partial charge in [-0.15, -0.1) is 0 Å². The normalized spacial score (nSPS) is 11.5. The van der Waals surface area contributed by atoms with Crippen molar-refractivity contribution in [3.63, 3.8) is 0 Å². The van der Waals surface area contributed by atoms with E-state index in [0.717, 1.165) is 61.0 Å². The van der Waals surface area contributed by atoms with Gasteiger partial charge in [-0.1, -0.05) is 121 Å². The van der Waals surface area contributed by atoms with Crippen LogP contribution in [0.25, 0.3) is 95.3 Å². The smallest absolute Gasteiger partial charge is 0.227 e. The third-order valence-corrected chi connectivity index (χ3v) is 9.52. The SMILES string of the molecule is c1ccc(-c2ccc(-c3nc(-c4ccccc4)nc(-c4ccc(-n5c6ccccc6c6ccc(-c7nc8ccccc8o7)cc65)cc4)n3)cc2)cc1. The van der Waals surface area contributed by atoms with E-state index < -0.39 is 0 Å². The quantitative estimate of drug-likeness (QED) is 0.176. The minimum absolute atomic E-state index is 0.602. The Hall–Kier alpha value is -7.18. The molecular weight excluding hydrogens is 639 g/mol. The summed E-state index contributed by atoms with van der Waals surface area (Å²) < 4.78 is 8.45. The van der Waals surface area contributed by atoms with Gasteiger partial charge in [0.15, 0.2) is 23.1 Å². The van der Waals surface area contributed by atoms with Crippen molar-refractivity contribution in [1.82, 2.24) is 24.5 Å². The molecule has 0 fully saturated rings. The van der Waals surface area contributed by atoms with Gasteiger partial charge in [0.05, 0.1) is 11.0 Å². The van der Waals surface area contributed by atoms with Crippen LogP contribution in [0, 0.1) is 0 Å². The van der Waals surface area contributed by atoms with Crippen LogP contribution in [-0.2, 0) is 0 Å². The lowest BCUT2D eigenvalue weighted by molar-refractivity contribution is 0.620. The average molecular weight is 668 g/mol. The van der Waals surface area contributed by atoms with E-state index in [2.05, 4.69) is 120 Å². The Labute approximate surface area is 299 Å². The fraction of sp³-hybridized carbons (Fsp3) is 0. The molecule has 0 aliphatic rings. The predicted octanol–water partition coefficient (Wildman–Crippen LogP) is 11.4. The van der Waals surface area contributed by atoms with Crippen LogP contribution >= 0.6 is 0 Å². The van der Waals surface area contributed by atoms with Crippen LogP contribution in [0.4, 0.5) is 0 Å². The van der Waals surface area contributed by atoms with Gasteiger partial charge < -0.3 is 8.98 Å². The van der Waals surface area contributed by atoms with Crippen molar-refractivity contribution in [3.05, 3.63) is 176 Å². The van der Waals surface area contributed by atoms with E-state index in [1.807, 2.05) is 60.7 Å². The summed E-state index contributed by atoms with van der Waals surface area (Å²) in [5, 5.41) is 2.34. The highest BCUT2D eigenvalue weighted by molar-refractivity contribution is 6.10. The third-order valence-electron chi connectivity index (χ3n) is 9.52. The van der Waals surface area contributed by atoms with Crippen LogP contribution in [0.2, 0.25) is 0 Å². The zero-order valence-electron chi connectivity index (χ0n) is 27.9. The summed E-state index contributed by atoms with van der Waals surface area (Å²) in [6, 6.07) is 60.0. The Kier molecular flexibility index (Phi) is 7.03. The van der Waals surface area contributed by atoms with E-state index in [-0.39, 0.29) is 0 Å². The fourth-order valence-electron chi connectivity index (χ4n) is 6.93. The van der Waals surface area contributed by atoms with E-state index in [4.69, 9.17) is 24.4 Å². The first-order chi connectivity index (χ1) is 25.7. The van der Waals surface area contributed by atoms with Crippen molar-refractivity contribution >= 4 is 32.9 Å². The Morgan fingerprint density at radius 1 is 0.365 bits per heavy atom. The molecule has 3 heterocycles. The van der Waals surface area contributed by atoms with E-state index in [1.165, 1.54) is 10.9 Å². The standard InChI is InChI=1S/C46H29N5O/c1-3-11-30(12-4-1)31-19-21-33(22-20-31)44-48-43(32-13-5-2-6-14-32)49-45(50-44)34-23-26-36(27-24-34)51-40-17-9-7-15-37(40)38-28-25-35(29-41(38)51)46-47-39-16-8-10-18-42(39)52-46/h1-29H. The molecule has 0 amide bonds. The second-order valence-corrected chi connectivity index (χ2v) is 12.7. The van der Waals surface area contributed by atoms with Crippen molar-refractivity contribution in [2.45, 2.75) is 0 Å². The summed E-state index contributed by atoms with van der Waals surface area (Å²) in [5.74, 6) is 2.47. The van der Waals surface area contributed by atoms with Crippen molar-refractivity contribution in [2.75, 3.05) is 0 Å². The maximum absolute atomic E-state index is 6.16. The molecule has 0 unspecified atom stereocenters. The van der Waals surface area contributed by atoms with Crippen LogP contribution < -0.4 is 0 Å². The molecule has 0 aliphatic carbocycles. The summed E-state index contributed by atoms with van der Waals surface area (Å²) in [5.41, 5.74) is 10.8. The maximum atomic E-state index is 6.16. The predicted molar refractivity (Wildman–Crippen MR) is 209 cm³/mol. The highest BCUT2D eigenvalue weighted by atomic mass is 16.3. The molecule has 0 bridgehead atoms. The fourth-order valence-corrected chi connectivity index (χ4v) is 6.93. The van der Waals surface area contributed by atoms with Gasteiger partial charge in [0.1, 0.15) is 5.52 Å². The number of oxazole rings is 1. The molecule has 52 heavy (non-hydrogen) atoms. The summed E-state index contributed by atoms with van der Waals surface area (Å²) in [6.07, 6.45) is 0. The largest absolute Gasteiger partial charge is 0.436 e. The lowest BCUT2D eigenvalue weighted by Crippen LogP contribution is -2.00. The van der Waals surface area contributed by atoms with Crippen LogP contribution in [0.5, 0.6) is 0 Å². The van der Waals surface area contributed by atoms with Gasteiger partial charge in [-0.25, -0.2) is 19.9 Å². The number of nitrogens with zero attached hydrogens (tertiary/aromatic N) is 5. The van der Waals surface area contributed by atoms with Crippen LogP contribution in [0.1, 0.15) is 0 Å². The Morgan fingerprint density at radius 2 is 0.865 bits per heavy atom. The Bertz CT molecular complexity index is 2840. The zero-order valence-corrected chi connectivity index (χ0v) is 27.9. The van der Waals surface area contributed by atoms with E-state index in [0.29, 0.717) is 23.4 Å². The highest BCUT2D eigenvalue weighted by Crippen LogP contribution is 2.36. The topological polar surface area (TPSA) is 69.6 Å². The molecule has 7 aromatic carbocycles. The third kappa shape index (κ3) is 5.22. The maximum Gasteiger partial charge on any atom is 0.227 e. The molecule has 0 aliphatic heterocycles. The number of benzene rings is 7. The van der Waals surface area contributed by atoms with Gasteiger partial charge in [0.25, 0.3) is 0 Å². The molecule has 6 nitrogen and oxygen atoms in total. The second kappa shape index (κ2) is 12.3. The van der Waals surface area contributed by atoms with Crippen LogP contribution in [-0.4, -0.2) is 24.5 Å². The molecule has 6 heteroatoms. The first kappa shape index (κ1) is 29.7. The Morgan fingerprint density at radius 3 is 1.56 bits per heavy atom. The van der Waals surface area contributed by atoms with Gasteiger partial charge >= 0.3 is 0 Å². The van der Waals surface area contributed by atoms with Crippen molar-refractivity contribution in [3.8, 4) is 62.4 Å². The average Bonchev–Trinajstić information content (AvgIpc) is 3.81. The first-order valence-corrected chi connectivity index (χ1v) is 17.2. The molecular formula is C46H29N5O. The monoisotopic (exact) mass is 667 g/mol. The second-order valence-electron chi connectivity index (χ2n) is 12.7. The number of para-hydroxylation sites is 3. The number of fused-ring (bicyclic) bond motifs is 4. The van der Waals surface area contributed by atoms with E-state index in [9.17, 15) is 0 Å². The molecule has 10 aromatic rings. The molecule has 3 aromatic heterocycles. The van der Waals surface area contributed by atoms with Gasteiger partial charge in [0.2, 0.25) is 5.89 Å². The Balaban J connectivity index is 1.07. The van der Waals surface area contributed by atoms with Gasteiger partial charge in [-0.3, -0.25) is 0 Å². The molecule has 244 valence electrons. The van der Waals surface area contributed by atoms with E-state index in [1.54, 1.807) is 0 Å². The molecule has 0 atom stereocenters. The van der Waals surface area contributed by atoms with Crippen LogP contribution in [0.15, 0.2) is 180 Å². The zero-order chi connectivity index (χ0) is 34.4. The lowest BCUT2D eigenvalue weighted by Gasteiger charge is -2.11. The first-order valence-electron chi connectivity index (χ1n) is 17.2. The molecule has 0 saturated carbocycles. The molecule has 0 spiro atoms. The molecule has 10 rings (SSSR count). The number of rotatable bonds is 6. The van der Waals surface area contributed by atoms with Crippen molar-refractivity contribution in [2.24, 2.45) is 0 Å². The molecule has 0 N–H and O–H groups in total. The van der Waals surface area contributed by atoms with E-state index >= 15 is 0 Å². The highest BCUT2D eigenvalue weighted by Gasteiger charge is 2.17. The summed E-state index contributed by atoms with van der Waals surface area (Å²) in [4.78, 5) is 19.7. The minimum atomic E-state index is 0.602. The molecule has 0 radical (unpaired) electrons.